The Balaban J connectivity index is 2.44. The first-order valence-corrected chi connectivity index (χ1v) is 6.60. The van der Waals surface area contributed by atoms with Crippen LogP contribution in [0.1, 0.15) is 21.5 Å². The van der Waals surface area contributed by atoms with Crippen LogP contribution < -0.4 is 5.32 Å². The number of anilines is 1. The van der Waals surface area contributed by atoms with Gasteiger partial charge in [0, 0.05) is 6.07 Å². The summed E-state index contributed by atoms with van der Waals surface area (Å²) < 4.78 is 0. The Kier molecular flexibility index (Phi) is 4.23. The van der Waals surface area contributed by atoms with Crippen LogP contribution in [0.5, 0.6) is 0 Å². The third-order valence-electron chi connectivity index (χ3n) is 3.27. The minimum atomic E-state index is -0.519. The summed E-state index contributed by atoms with van der Waals surface area (Å²) in [5.41, 5.74) is 1.84. The van der Waals surface area contributed by atoms with Crippen molar-refractivity contribution >= 4 is 28.9 Å². The molecule has 5 nitrogen and oxygen atoms in total. The molecule has 1 amide bonds. The second kappa shape index (κ2) is 5.93. The van der Waals surface area contributed by atoms with Gasteiger partial charge >= 0.3 is 0 Å². The number of nitro benzene ring substituents is 1. The number of nitrogens with one attached hydrogen (secondary N) is 1. The van der Waals surface area contributed by atoms with Crippen molar-refractivity contribution in [2.24, 2.45) is 0 Å². The van der Waals surface area contributed by atoms with Crippen LogP contribution in [0.25, 0.3) is 0 Å². The summed E-state index contributed by atoms with van der Waals surface area (Å²) >= 11 is 5.96. The Labute approximate surface area is 126 Å². The Morgan fingerprint density at radius 1 is 1.19 bits per heavy atom. The van der Waals surface area contributed by atoms with Gasteiger partial charge in [0.15, 0.2) is 0 Å². The molecule has 1 N–H and O–H groups in total. The molecule has 0 aromatic heterocycles. The zero-order chi connectivity index (χ0) is 15.6. The Morgan fingerprint density at radius 3 is 2.48 bits per heavy atom. The molecule has 2 aromatic rings. The first kappa shape index (κ1) is 15.0. The molecule has 21 heavy (non-hydrogen) atoms. The van der Waals surface area contributed by atoms with E-state index in [4.69, 9.17) is 11.6 Å². The van der Waals surface area contributed by atoms with Crippen LogP contribution >= 0.6 is 11.6 Å². The Hall–Kier alpha value is -2.40. The van der Waals surface area contributed by atoms with Crippen molar-refractivity contribution in [2.45, 2.75) is 13.8 Å². The van der Waals surface area contributed by atoms with Gasteiger partial charge in [-0.25, -0.2) is 0 Å². The third kappa shape index (κ3) is 3.03. The Morgan fingerprint density at radius 2 is 1.86 bits per heavy atom. The van der Waals surface area contributed by atoms with Crippen molar-refractivity contribution in [2.75, 3.05) is 5.32 Å². The third-order valence-corrected chi connectivity index (χ3v) is 3.60. The van der Waals surface area contributed by atoms with E-state index in [0.717, 1.165) is 5.56 Å². The van der Waals surface area contributed by atoms with E-state index in [9.17, 15) is 14.9 Å². The highest BCUT2D eigenvalue weighted by molar-refractivity contribution is 6.34. The number of amides is 1. The highest BCUT2D eigenvalue weighted by Crippen LogP contribution is 2.31. The molecule has 0 aliphatic heterocycles. The van der Waals surface area contributed by atoms with E-state index in [-0.39, 0.29) is 16.9 Å². The summed E-state index contributed by atoms with van der Waals surface area (Å²) in [7, 11) is 0. The number of halogens is 1. The van der Waals surface area contributed by atoms with E-state index in [1.165, 1.54) is 6.07 Å². The van der Waals surface area contributed by atoms with Crippen molar-refractivity contribution in [3.05, 3.63) is 68.2 Å². The molecule has 0 spiro atoms. The fourth-order valence-electron chi connectivity index (χ4n) is 1.94. The summed E-state index contributed by atoms with van der Waals surface area (Å²) in [6.45, 7) is 3.55. The highest BCUT2D eigenvalue weighted by atomic mass is 35.5. The van der Waals surface area contributed by atoms with Crippen molar-refractivity contribution < 1.29 is 9.72 Å². The molecule has 0 aliphatic carbocycles. The maximum absolute atomic E-state index is 12.3. The van der Waals surface area contributed by atoms with Crippen LogP contribution in [0.15, 0.2) is 36.4 Å². The highest BCUT2D eigenvalue weighted by Gasteiger charge is 2.20. The van der Waals surface area contributed by atoms with Crippen molar-refractivity contribution in [1.82, 2.24) is 0 Å². The SMILES string of the molecule is Cc1ccc([N+](=O)[O-])c(NC(=O)c2ccccc2Cl)c1C. The number of carbonyl (C=O) groups excluding carboxylic acids is 1. The van der Waals surface area contributed by atoms with Gasteiger partial charge in [0.1, 0.15) is 5.69 Å². The van der Waals surface area contributed by atoms with Crippen molar-refractivity contribution in [3.8, 4) is 0 Å². The number of nitro groups is 1. The summed E-state index contributed by atoms with van der Waals surface area (Å²) in [6, 6.07) is 9.57. The van der Waals surface area contributed by atoms with Gasteiger partial charge in [-0.1, -0.05) is 29.8 Å². The average Bonchev–Trinajstić information content (AvgIpc) is 2.44. The summed E-state index contributed by atoms with van der Waals surface area (Å²) in [4.78, 5) is 22.8. The standard InChI is InChI=1S/C15H13ClN2O3/c1-9-7-8-13(18(20)21)14(10(9)2)17-15(19)11-5-3-4-6-12(11)16/h3-8H,1-2H3,(H,17,19). The number of aryl methyl sites for hydroxylation is 1. The number of rotatable bonds is 3. The first-order valence-electron chi connectivity index (χ1n) is 6.22. The molecule has 2 aromatic carbocycles. The fourth-order valence-corrected chi connectivity index (χ4v) is 2.16. The van der Waals surface area contributed by atoms with Gasteiger partial charge in [-0.3, -0.25) is 14.9 Å². The maximum Gasteiger partial charge on any atom is 0.293 e. The molecular weight excluding hydrogens is 292 g/mol. The molecule has 0 bridgehead atoms. The van der Waals surface area contributed by atoms with Gasteiger partial charge < -0.3 is 5.32 Å². The number of hydrogen-bond donors (Lipinski definition) is 1. The van der Waals surface area contributed by atoms with Gasteiger partial charge in [-0.15, -0.1) is 0 Å². The number of nitrogens with zero attached hydrogens (tertiary/aromatic N) is 1. The van der Waals surface area contributed by atoms with Gasteiger partial charge in [0.25, 0.3) is 11.6 Å². The van der Waals surface area contributed by atoms with Crippen LogP contribution in [0.3, 0.4) is 0 Å². The number of benzene rings is 2. The molecule has 0 atom stereocenters. The molecule has 0 saturated carbocycles. The largest absolute Gasteiger partial charge is 0.316 e. The molecular formula is C15H13ClN2O3. The van der Waals surface area contributed by atoms with E-state index in [1.54, 1.807) is 37.3 Å². The molecule has 0 unspecified atom stereocenters. The quantitative estimate of drug-likeness (QED) is 0.685. The molecule has 0 aliphatic rings. The zero-order valence-corrected chi connectivity index (χ0v) is 12.3. The lowest BCUT2D eigenvalue weighted by Crippen LogP contribution is -2.15. The molecule has 0 heterocycles. The second-order valence-corrected chi connectivity index (χ2v) is 5.00. The predicted octanol–water partition coefficient (Wildman–Crippen LogP) is 4.12. The topological polar surface area (TPSA) is 72.2 Å². The van der Waals surface area contributed by atoms with E-state index in [1.807, 2.05) is 6.92 Å². The second-order valence-electron chi connectivity index (χ2n) is 4.59. The summed E-state index contributed by atoms with van der Waals surface area (Å²) in [5.74, 6) is -0.475. The molecule has 108 valence electrons. The van der Waals surface area contributed by atoms with Gasteiger partial charge in [-0.2, -0.15) is 0 Å². The fraction of sp³-hybridized carbons (Fsp3) is 0.133. The van der Waals surface area contributed by atoms with E-state index in [2.05, 4.69) is 5.32 Å². The predicted molar refractivity (Wildman–Crippen MR) is 82.0 cm³/mol. The van der Waals surface area contributed by atoms with Gasteiger partial charge in [0.05, 0.1) is 15.5 Å². The molecule has 6 heteroatoms. The zero-order valence-electron chi connectivity index (χ0n) is 11.5. The minimum absolute atomic E-state index is 0.140. The summed E-state index contributed by atoms with van der Waals surface area (Å²) in [5, 5.41) is 14.0. The Bertz CT molecular complexity index is 729. The van der Waals surface area contributed by atoms with Crippen LogP contribution in [0.2, 0.25) is 5.02 Å². The smallest absolute Gasteiger partial charge is 0.293 e. The molecule has 0 radical (unpaired) electrons. The van der Waals surface area contributed by atoms with E-state index in [0.29, 0.717) is 10.6 Å². The van der Waals surface area contributed by atoms with Crippen LogP contribution in [0, 0.1) is 24.0 Å². The number of carbonyl (C=O) groups is 1. The minimum Gasteiger partial charge on any atom is -0.316 e. The van der Waals surface area contributed by atoms with Crippen LogP contribution in [-0.2, 0) is 0 Å². The van der Waals surface area contributed by atoms with E-state index >= 15 is 0 Å². The van der Waals surface area contributed by atoms with Crippen LogP contribution in [-0.4, -0.2) is 10.8 Å². The van der Waals surface area contributed by atoms with Gasteiger partial charge in [0.2, 0.25) is 0 Å². The normalized spacial score (nSPS) is 10.2. The summed E-state index contributed by atoms with van der Waals surface area (Å²) in [6.07, 6.45) is 0. The van der Waals surface area contributed by atoms with E-state index < -0.39 is 10.8 Å². The molecule has 2 rings (SSSR count). The van der Waals surface area contributed by atoms with Crippen LogP contribution in [0.4, 0.5) is 11.4 Å². The lowest BCUT2D eigenvalue weighted by Gasteiger charge is -2.11. The lowest BCUT2D eigenvalue weighted by molar-refractivity contribution is -0.384. The average molecular weight is 305 g/mol. The maximum atomic E-state index is 12.3. The number of hydrogen-bond acceptors (Lipinski definition) is 3. The van der Waals surface area contributed by atoms with Gasteiger partial charge in [-0.05, 0) is 37.1 Å². The monoisotopic (exact) mass is 304 g/mol. The van der Waals surface area contributed by atoms with Crippen molar-refractivity contribution in [3.63, 3.8) is 0 Å². The molecule has 0 saturated heterocycles. The molecule has 0 fully saturated rings. The first-order chi connectivity index (χ1) is 9.91. The lowest BCUT2D eigenvalue weighted by atomic mass is 10.1. The van der Waals surface area contributed by atoms with Crippen molar-refractivity contribution in [1.29, 1.82) is 0 Å².